The summed E-state index contributed by atoms with van der Waals surface area (Å²) in [4.78, 5) is 37.5. The number of hydrogen-bond donors (Lipinski definition) is 1. The van der Waals surface area contributed by atoms with E-state index in [1.165, 1.54) is 34.9 Å². The number of nitro benzene ring substituents is 1. The van der Waals surface area contributed by atoms with E-state index in [1.807, 2.05) is 49.4 Å². The highest BCUT2D eigenvalue weighted by atomic mass is 32.2. The first-order valence-electron chi connectivity index (χ1n) is 9.87. The van der Waals surface area contributed by atoms with Gasteiger partial charge >= 0.3 is 0 Å². The average Bonchev–Trinajstić information content (AvgIpc) is 3.01. The van der Waals surface area contributed by atoms with Gasteiger partial charge in [0.1, 0.15) is 10.0 Å². The fourth-order valence-electron chi connectivity index (χ4n) is 3.10. The van der Waals surface area contributed by atoms with Gasteiger partial charge in [0, 0.05) is 19.0 Å². The second-order valence-electron chi connectivity index (χ2n) is 7.06. The zero-order valence-corrected chi connectivity index (χ0v) is 18.9. The molecule has 7 nitrogen and oxygen atoms in total. The van der Waals surface area contributed by atoms with Crippen molar-refractivity contribution in [2.75, 3.05) is 11.9 Å². The molecule has 164 valence electrons. The molecule has 1 fully saturated rings. The van der Waals surface area contributed by atoms with Crippen molar-refractivity contribution in [3.05, 3.63) is 86.8 Å². The first-order valence-corrected chi connectivity index (χ1v) is 11.1. The molecule has 2 amide bonds. The lowest BCUT2D eigenvalue weighted by Crippen LogP contribution is -2.29. The molecule has 2 aromatic rings. The number of rotatable bonds is 8. The standard InChI is InChI=1S/C23H21N3O4S2/c1-16(14-17-8-3-2-4-9-17)15-20-22(28)25(23(31)32-20)13-7-12-21(27)24-18-10-5-6-11-19(18)26(29)30/h2-6,8-11,14-15H,7,12-13H2,1H3,(H,24,27). The molecular weight excluding hydrogens is 446 g/mol. The van der Waals surface area contributed by atoms with Crippen molar-refractivity contribution in [3.8, 4) is 0 Å². The summed E-state index contributed by atoms with van der Waals surface area (Å²) in [5, 5.41) is 13.6. The molecule has 1 aliphatic rings. The first kappa shape index (κ1) is 23.4. The van der Waals surface area contributed by atoms with E-state index in [1.54, 1.807) is 6.07 Å². The van der Waals surface area contributed by atoms with Gasteiger partial charge in [-0.05, 0) is 36.6 Å². The Morgan fingerprint density at radius 1 is 1.19 bits per heavy atom. The lowest BCUT2D eigenvalue weighted by Gasteiger charge is -2.14. The fourth-order valence-corrected chi connectivity index (χ4v) is 4.46. The molecule has 2 aromatic carbocycles. The lowest BCUT2D eigenvalue weighted by atomic mass is 10.1. The summed E-state index contributed by atoms with van der Waals surface area (Å²) in [5.41, 5.74) is 1.96. The highest BCUT2D eigenvalue weighted by Crippen LogP contribution is 2.32. The number of nitro groups is 1. The zero-order chi connectivity index (χ0) is 23.1. The largest absolute Gasteiger partial charge is 0.320 e. The number of nitrogens with one attached hydrogen (secondary N) is 1. The van der Waals surface area contributed by atoms with Crippen LogP contribution in [-0.2, 0) is 9.59 Å². The number of thioether (sulfide) groups is 1. The molecule has 3 rings (SSSR count). The van der Waals surface area contributed by atoms with Gasteiger partial charge in [-0.3, -0.25) is 24.6 Å². The molecule has 0 atom stereocenters. The highest BCUT2D eigenvalue weighted by Gasteiger charge is 2.31. The van der Waals surface area contributed by atoms with Gasteiger partial charge in [0.2, 0.25) is 5.91 Å². The van der Waals surface area contributed by atoms with Crippen molar-refractivity contribution in [2.24, 2.45) is 0 Å². The van der Waals surface area contributed by atoms with E-state index in [0.717, 1.165) is 11.1 Å². The lowest BCUT2D eigenvalue weighted by molar-refractivity contribution is -0.383. The summed E-state index contributed by atoms with van der Waals surface area (Å²) in [5.74, 6) is -0.540. The molecule has 1 heterocycles. The maximum absolute atomic E-state index is 12.7. The third-order valence-electron chi connectivity index (χ3n) is 4.59. The van der Waals surface area contributed by atoms with Gasteiger partial charge in [0.25, 0.3) is 11.6 Å². The smallest absolute Gasteiger partial charge is 0.292 e. The topological polar surface area (TPSA) is 92.6 Å². The van der Waals surface area contributed by atoms with Crippen molar-refractivity contribution in [2.45, 2.75) is 19.8 Å². The van der Waals surface area contributed by atoms with Gasteiger partial charge in [0.05, 0.1) is 9.83 Å². The molecule has 0 aliphatic carbocycles. The number of benzene rings is 2. The van der Waals surface area contributed by atoms with E-state index in [9.17, 15) is 19.7 Å². The number of nitrogens with zero attached hydrogens (tertiary/aromatic N) is 2. The Labute approximate surface area is 195 Å². The Bertz CT molecular complexity index is 1110. The Hall–Kier alpha value is -3.30. The van der Waals surface area contributed by atoms with Crippen LogP contribution in [-0.4, -0.2) is 32.5 Å². The minimum absolute atomic E-state index is 0.106. The summed E-state index contributed by atoms with van der Waals surface area (Å²) in [7, 11) is 0. The molecule has 1 aliphatic heterocycles. The Kier molecular flexibility index (Phi) is 7.91. The van der Waals surface area contributed by atoms with Gasteiger partial charge in [-0.15, -0.1) is 0 Å². The molecule has 0 spiro atoms. The van der Waals surface area contributed by atoms with Gasteiger partial charge in [-0.1, -0.05) is 72.5 Å². The van der Waals surface area contributed by atoms with Crippen molar-refractivity contribution < 1.29 is 14.5 Å². The molecule has 0 saturated carbocycles. The number of hydrogen-bond acceptors (Lipinski definition) is 6. The number of thiocarbonyl (C=S) groups is 1. The van der Waals surface area contributed by atoms with E-state index in [-0.39, 0.29) is 29.6 Å². The van der Waals surface area contributed by atoms with Gasteiger partial charge < -0.3 is 5.32 Å². The fraction of sp³-hybridized carbons (Fsp3) is 0.174. The van der Waals surface area contributed by atoms with Crippen LogP contribution < -0.4 is 5.32 Å². The average molecular weight is 468 g/mol. The van der Waals surface area contributed by atoms with Crippen molar-refractivity contribution >= 4 is 57.6 Å². The zero-order valence-electron chi connectivity index (χ0n) is 17.3. The predicted molar refractivity (Wildman–Crippen MR) is 131 cm³/mol. The van der Waals surface area contributed by atoms with Crippen LogP contribution in [0.5, 0.6) is 0 Å². The van der Waals surface area contributed by atoms with Crippen LogP contribution in [0.2, 0.25) is 0 Å². The normalized spacial score (nSPS) is 15.3. The quantitative estimate of drug-likeness (QED) is 0.249. The first-order chi connectivity index (χ1) is 15.3. The molecule has 0 unspecified atom stereocenters. The van der Waals surface area contributed by atoms with Crippen molar-refractivity contribution in [1.82, 2.24) is 4.90 Å². The monoisotopic (exact) mass is 467 g/mol. The van der Waals surface area contributed by atoms with Gasteiger partial charge in [-0.25, -0.2) is 0 Å². The summed E-state index contributed by atoms with van der Waals surface area (Å²) in [6.07, 6.45) is 4.29. The summed E-state index contributed by atoms with van der Waals surface area (Å²) in [6.45, 7) is 2.22. The highest BCUT2D eigenvalue weighted by molar-refractivity contribution is 8.26. The number of allylic oxidation sites excluding steroid dienone is 2. The summed E-state index contributed by atoms with van der Waals surface area (Å²) < 4.78 is 0.452. The molecule has 0 aromatic heterocycles. The maximum atomic E-state index is 12.7. The van der Waals surface area contributed by atoms with Crippen LogP contribution >= 0.6 is 24.0 Å². The van der Waals surface area contributed by atoms with Crippen LogP contribution in [0.3, 0.4) is 0 Å². The molecule has 9 heteroatoms. The molecular formula is C23H21N3O4S2. The minimum Gasteiger partial charge on any atom is -0.320 e. The SMILES string of the molecule is CC(=Cc1ccccc1)C=C1SC(=S)N(CCCC(=O)Nc2ccccc2[N+](=O)[O-])C1=O. The van der Waals surface area contributed by atoms with Crippen LogP contribution in [0, 0.1) is 10.1 Å². The molecule has 0 radical (unpaired) electrons. The molecule has 0 bridgehead atoms. The third kappa shape index (κ3) is 6.12. The van der Waals surface area contributed by atoms with E-state index in [4.69, 9.17) is 12.2 Å². The third-order valence-corrected chi connectivity index (χ3v) is 5.96. The van der Waals surface area contributed by atoms with Crippen LogP contribution in [0.1, 0.15) is 25.3 Å². The maximum Gasteiger partial charge on any atom is 0.292 e. The van der Waals surface area contributed by atoms with E-state index < -0.39 is 4.92 Å². The second-order valence-corrected chi connectivity index (χ2v) is 8.73. The summed E-state index contributed by atoms with van der Waals surface area (Å²) >= 11 is 6.58. The number of carbonyl (C=O) groups is 2. The van der Waals surface area contributed by atoms with E-state index in [0.29, 0.717) is 22.2 Å². The van der Waals surface area contributed by atoms with E-state index in [2.05, 4.69) is 5.32 Å². The summed E-state index contributed by atoms with van der Waals surface area (Å²) in [6, 6.07) is 15.8. The Morgan fingerprint density at radius 3 is 2.59 bits per heavy atom. The number of anilines is 1. The number of amides is 2. The van der Waals surface area contributed by atoms with Gasteiger partial charge in [0.15, 0.2) is 0 Å². The van der Waals surface area contributed by atoms with Crippen LogP contribution in [0.15, 0.2) is 71.2 Å². The van der Waals surface area contributed by atoms with Crippen molar-refractivity contribution in [3.63, 3.8) is 0 Å². The Morgan fingerprint density at radius 2 is 1.88 bits per heavy atom. The second kappa shape index (κ2) is 10.8. The van der Waals surface area contributed by atoms with Gasteiger partial charge in [-0.2, -0.15) is 0 Å². The molecule has 1 N–H and O–H groups in total. The number of para-hydroxylation sites is 2. The minimum atomic E-state index is -0.545. The molecule has 32 heavy (non-hydrogen) atoms. The predicted octanol–water partition coefficient (Wildman–Crippen LogP) is 5.16. The van der Waals surface area contributed by atoms with E-state index >= 15 is 0 Å². The van der Waals surface area contributed by atoms with Crippen LogP contribution in [0.4, 0.5) is 11.4 Å². The number of carbonyl (C=O) groups excluding carboxylic acids is 2. The van der Waals surface area contributed by atoms with Crippen molar-refractivity contribution in [1.29, 1.82) is 0 Å². The van der Waals surface area contributed by atoms with Crippen LogP contribution in [0.25, 0.3) is 6.08 Å². The molecule has 1 saturated heterocycles. The Balaban J connectivity index is 1.55.